The molecule has 0 spiro atoms. The van der Waals surface area contributed by atoms with E-state index in [9.17, 15) is 9.59 Å². The zero-order valence-corrected chi connectivity index (χ0v) is 14.4. The zero-order chi connectivity index (χ0) is 17.9. The van der Waals surface area contributed by atoms with Gasteiger partial charge in [-0.2, -0.15) is 0 Å². The van der Waals surface area contributed by atoms with Crippen LogP contribution in [0.1, 0.15) is 24.5 Å². The van der Waals surface area contributed by atoms with E-state index in [0.29, 0.717) is 18.8 Å². The summed E-state index contributed by atoms with van der Waals surface area (Å²) in [6, 6.07) is 16.9. The van der Waals surface area contributed by atoms with Crippen molar-refractivity contribution in [3.05, 3.63) is 65.7 Å². The molecule has 0 bridgehead atoms. The summed E-state index contributed by atoms with van der Waals surface area (Å²) in [6.45, 7) is 2.88. The highest BCUT2D eigenvalue weighted by atomic mass is 16.5. The number of rotatable bonds is 9. The highest BCUT2D eigenvalue weighted by Crippen LogP contribution is 2.18. The number of benzene rings is 2. The van der Waals surface area contributed by atoms with E-state index in [0.717, 1.165) is 11.1 Å². The van der Waals surface area contributed by atoms with Gasteiger partial charge in [-0.3, -0.25) is 9.59 Å². The third-order valence-corrected chi connectivity index (χ3v) is 3.52. The Bertz CT molecular complexity index is 685. The Morgan fingerprint density at radius 1 is 1.00 bits per heavy atom. The number of hydrogen-bond donors (Lipinski definition) is 1. The Morgan fingerprint density at radius 3 is 2.48 bits per heavy atom. The average Bonchev–Trinajstić information content (AvgIpc) is 2.62. The summed E-state index contributed by atoms with van der Waals surface area (Å²) in [6.07, 6.45) is 0.439. The lowest BCUT2D eigenvalue weighted by molar-refractivity contribution is -0.144. The smallest absolute Gasteiger partial charge is 0.307 e. The molecule has 0 aliphatic carbocycles. The molecule has 0 aliphatic rings. The van der Waals surface area contributed by atoms with Crippen LogP contribution in [0, 0.1) is 0 Å². The van der Waals surface area contributed by atoms with E-state index in [-0.39, 0.29) is 31.4 Å². The summed E-state index contributed by atoms with van der Waals surface area (Å²) in [5.74, 6) is 0.251. The minimum atomic E-state index is -0.355. The summed E-state index contributed by atoms with van der Waals surface area (Å²) in [5.41, 5.74) is 1.76. The molecule has 5 heteroatoms. The zero-order valence-electron chi connectivity index (χ0n) is 14.4. The van der Waals surface area contributed by atoms with E-state index in [1.165, 1.54) is 0 Å². The molecule has 0 heterocycles. The fraction of sp³-hybridized carbons (Fsp3) is 0.300. The van der Waals surface area contributed by atoms with Gasteiger partial charge in [-0.1, -0.05) is 48.5 Å². The molecule has 1 amide bonds. The molecular weight excluding hydrogens is 318 g/mol. The topological polar surface area (TPSA) is 64.6 Å². The largest absolute Gasteiger partial charge is 0.493 e. The molecule has 0 atom stereocenters. The Labute approximate surface area is 148 Å². The molecule has 2 aromatic rings. The highest BCUT2D eigenvalue weighted by Gasteiger charge is 2.08. The van der Waals surface area contributed by atoms with Crippen LogP contribution in [0.3, 0.4) is 0 Å². The van der Waals surface area contributed by atoms with Gasteiger partial charge < -0.3 is 14.8 Å². The number of nitrogens with one attached hydrogen (secondary N) is 1. The molecule has 132 valence electrons. The summed E-state index contributed by atoms with van der Waals surface area (Å²) in [4.78, 5) is 23.6. The van der Waals surface area contributed by atoms with Crippen molar-refractivity contribution in [2.45, 2.75) is 26.4 Å². The maximum absolute atomic E-state index is 11.8. The van der Waals surface area contributed by atoms with Crippen LogP contribution in [0.2, 0.25) is 0 Å². The van der Waals surface area contributed by atoms with Gasteiger partial charge in [0.15, 0.2) is 0 Å². The van der Waals surface area contributed by atoms with Crippen molar-refractivity contribution in [3.8, 4) is 5.75 Å². The van der Waals surface area contributed by atoms with Gasteiger partial charge in [-0.15, -0.1) is 0 Å². The maximum atomic E-state index is 11.8. The third kappa shape index (κ3) is 6.67. The van der Waals surface area contributed by atoms with Gasteiger partial charge in [0.05, 0.1) is 19.4 Å². The van der Waals surface area contributed by atoms with Crippen molar-refractivity contribution >= 4 is 11.9 Å². The molecule has 2 aromatic carbocycles. The quantitative estimate of drug-likeness (QED) is 0.712. The average molecular weight is 341 g/mol. The lowest BCUT2D eigenvalue weighted by Crippen LogP contribution is -2.27. The van der Waals surface area contributed by atoms with Gasteiger partial charge in [0.1, 0.15) is 12.4 Å². The fourth-order valence-corrected chi connectivity index (χ4v) is 2.30. The molecule has 1 N–H and O–H groups in total. The number of carbonyl (C=O) groups excluding carboxylic acids is 2. The molecule has 0 aromatic heterocycles. The van der Waals surface area contributed by atoms with Crippen molar-refractivity contribution in [1.82, 2.24) is 5.32 Å². The molecule has 5 nitrogen and oxygen atoms in total. The summed E-state index contributed by atoms with van der Waals surface area (Å²) < 4.78 is 10.7. The van der Waals surface area contributed by atoms with E-state index >= 15 is 0 Å². The summed E-state index contributed by atoms with van der Waals surface area (Å²) in [7, 11) is 0. The van der Waals surface area contributed by atoms with Crippen LogP contribution in [0.4, 0.5) is 0 Å². The van der Waals surface area contributed by atoms with Gasteiger partial charge in [0.2, 0.25) is 5.91 Å². The monoisotopic (exact) mass is 341 g/mol. The molecule has 0 fully saturated rings. The predicted molar refractivity (Wildman–Crippen MR) is 95.2 cm³/mol. The minimum absolute atomic E-state index is 0.110. The number of hydrogen-bond acceptors (Lipinski definition) is 4. The molecule has 0 saturated carbocycles. The SMILES string of the molecule is CCOc1ccccc1COC(=O)CCNC(=O)Cc1ccccc1. The summed E-state index contributed by atoms with van der Waals surface area (Å²) in [5, 5.41) is 2.73. The first kappa shape index (κ1) is 18.5. The van der Waals surface area contributed by atoms with E-state index in [1.54, 1.807) is 0 Å². The second kappa shape index (κ2) is 10.1. The number of esters is 1. The van der Waals surface area contributed by atoms with Crippen molar-refractivity contribution in [2.75, 3.05) is 13.2 Å². The lowest BCUT2D eigenvalue weighted by Gasteiger charge is -2.10. The molecule has 25 heavy (non-hydrogen) atoms. The van der Waals surface area contributed by atoms with Gasteiger partial charge in [-0.05, 0) is 18.6 Å². The van der Waals surface area contributed by atoms with Crippen LogP contribution >= 0.6 is 0 Å². The molecular formula is C20H23NO4. The highest BCUT2D eigenvalue weighted by molar-refractivity contribution is 5.79. The maximum Gasteiger partial charge on any atom is 0.307 e. The fourth-order valence-electron chi connectivity index (χ4n) is 2.30. The van der Waals surface area contributed by atoms with E-state index in [1.807, 2.05) is 61.5 Å². The lowest BCUT2D eigenvalue weighted by atomic mass is 10.1. The van der Waals surface area contributed by atoms with E-state index in [2.05, 4.69) is 5.32 Å². The Balaban J connectivity index is 1.68. The Kier molecular flexibility index (Phi) is 7.50. The van der Waals surface area contributed by atoms with Crippen LogP contribution in [0.5, 0.6) is 5.75 Å². The van der Waals surface area contributed by atoms with Crippen LogP contribution in [0.15, 0.2) is 54.6 Å². The Morgan fingerprint density at radius 2 is 1.72 bits per heavy atom. The van der Waals surface area contributed by atoms with E-state index < -0.39 is 0 Å². The molecule has 0 radical (unpaired) electrons. The molecule has 0 unspecified atom stereocenters. The molecule has 2 rings (SSSR count). The second-order valence-corrected chi connectivity index (χ2v) is 5.46. The van der Waals surface area contributed by atoms with Crippen LogP contribution in [-0.4, -0.2) is 25.0 Å². The van der Waals surface area contributed by atoms with E-state index in [4.69, 9.17) is 9.47 Å². The number of carbonyl (C=O) groups is 2. The van der Waals surface area contributed by atoms with Crippen molar-refractivity contribution < 1.29 is 19.1 Å². The van der Waals surface area contributed by atoms with Gasteiger partial charge in [0, 0.05) is 12.1 Å². The first-order valence-corrected chi connectivity index (χ1v) is 8.36. The Hall–Kier alpha value is -2.82. The van der Waals surface area contributed by atoms with Gasteiger partial charge >= 0.3 is 5.97 Å². The summed E-state index contributed by atoms with van der Waals surface area (Å²) >= 11 is 0. The predicted octanol–water partition coefficient (Wildman–Crippen LogP) is 2.88. The van der Waals surface area contributed by atoms with Crippen LogP contribution < -0.4 is 10.1 Å². The van der Waals surface area contributed by atoms with Gasteiger partial charge in [0.25, 0.3) is 0 Å². The first-order chi connectivity index (χ1) is 12.2. The second-order valence-electron chi connectivity index (χ2n) is 5.46. The standard InChI is InChI=1S/C20H23NO4/c1-2-24-18-11-7-6-10-17(18)15-25-20(23)12-13-21-19(22)14-16-8-4-3-5-9-16/h3-11H,2,12-15H2,1H3,(H,21,22). The normalized spacial score (nSPS) is 10.1. The van der Waals surface area contributed by atoms with Crippen molar-refractivity contribution in [3.63, 3.8) is 0 Å². The van der Waals surface area contributed by atoms with Gasteiger partial charge in [-0.25, -0.2) is 0 Å². The van der Waals surface area contributed by atoms with Crippen molar-refractivity contribution in [2.24, 2.45) is 0 Å². The molecule has 0 saturated heterocycles. The number of amides is 1. The first-order valence-electron chi connectivity index (χ1n) is 8.36. The number of para-hydroxylation sites is 1. The van der Waals surface area contributed by atoms with Crippen LogP contribution in [0.25, 0.3) is 0 Å². The van der Waals surface area contributed by atoms with Crippen molar-refractivity contribution in [1.29, 1.82) is 0 Å². The van der Waals surface area contributed by atoms with Crippen LogP contribution in [-0.2, 0) is 27.4 Å². The third-order valence-electron chi connectivity index (χ3n) is 3.52. The molecule has 0 aliphatic heterocycles. The minimum Gasteiger partial charge on any atom is -0.493 e. The number of ether oxygens (including phenoxy) is 2.